The molecule has 0 atom stereocenters. The summed E-state index contributed by atoms with van der Waals surface area (Å²) in [5.74, 6) is -0.685. The molecule has 1 amide bonds. The highest BCUT2D eigenvalue weighted by atomic mass is 79.9. The maximum atomic E-state index is 12.7. The molecule has 0 saturated carbocycles. The summed E-state index contributed by atoms with van der Waals surface area (Å²) in [7, 11) is 1.30. The van der Waals surface area contributed by atoms with Crippen molar-refractivity contribution < 1.29 is 28.6 Å². The number of amides is 1. The normalized spacial score (nSPS) is 13.9. The van der Waals surface area contributed by atoms with E-state index in [0.717, 1.165) is 34.5 Å². The molecule has 218 valence electrons. The second kappa shape index (κ2) is 13.5. The molecule has 1 N–H and O–H groups in total. The number of likely N-dealkylation sites (tertiary alicyclic amines) is 1. The monoisotopic (exact) mass is 642 g/mol. The van der Waals surface area contributed by atoms with E-state index < -0.39 is 17.5 Å². The Hall–Kier alpha value is -3.37. The van der Waals surface area contributed by atoms with Gasteiger partial charge in [0.15, 0.2) is 17.2 Å². The average Bonchev–Trinajstić information content (AvgIpc) is 3.27. The van der Waals surface area contributed by atoms with Crippen LogP contribution >= 0.6 is 27.3 Å². The third-order valence-electron chi connectivity index (χ3n) is 6.48. The molecule has 0 unspecified atom stereocenters. The Morgan fingerprint density at radius 3 is 2.41 bits per heavy atom. The van der Waals surface area contributed by atoms with Gasteiger partial charge in [-0.15, -0.1) is 11.3 Å². The minimum Gasteiger partial charge on any atom is -0.479 e. The maximum Gasteiger partial charge on any atom is 0.351 e. The van der Waals surface area contributed by atoms with Gasteiger partial charge in [0.2, 0.25) is 5.91 Å². The molecule has 0 radical (unpaired) electrons. The van der Waals surface area contributed by atoms with Crippen molar-refractivity contribution in [1.82, 2.24) is 4.90 Å². The van der Waals surface area contributed by atoms with Gasteiger partial charge in [-0.2, -0.15) is 0 Å². The van der Waals surface area contributed by atoms with Crippen LogP contribution in [0.15, 0.2) is 59.1 Å². The molecule has 0 bridgehead atoms. The van der Waals surface area contributed by atoms with Crippen LogP contribution in [0.25, 0.3) is 10.4 Å². The quantitative estimate of drug-likeness (QED) is 0.273. The van der Waals surface area contributed by atoms with E-state index in [-0.39, 0.29) is 29.2 Å². The van der Waals surface area contributed by atoms with Gasteiger partial charge in [-0.25, -0.2) is 9.59 Å². The second-order valence-electron chi connectivity index (χ2n) is 10.8. The lowest BCUT2D eigenvalue weighted by atomic mass is 10.0. The van der Waals surface area contributed by atoms with Gasteiger partial charge in [0, 0.05) is 24.8 Å². The predicted octanol–water partition coefficient (Wildman–Crippen LogP) is 6.33. The highest BCUT2D eigenvalue weighted by Gasteiger charge is 2.27. The smallest absolute Gasteiger partial charge is 0.351 e. The van der Waals surface area contributed by atoms with E-state index in [9.17, 15) is 14.4 Å². The fourth-order valence-electron chi connectivity index (χ4n) is 4.58. The molecule has 8 nitrogen and oxygen atoms in total. The first-order valence-corrected chi connectivity index (χ1v) is 15.1. The molecule has 1 saturated heterocycles. The molecule has 3 aromatic rings. The number of nitrogens with one attached hydrogen (secondary N) is 1. The van der Waals surface area contributed by atoms with Gasteiger partial charge in [-0.3, -0.25) is 4.79 Å². The average molecular weight is 644 g/mol. The van der Waals surface area contributed by atoms with Crippen LogP contribution in [-0.4, -0.2) is 61.2 Å². The number of thiophene rings is 1. The lowest BCUT2D eigenvalue weighted by molar-refractivity contribution is -0.157. The van der Waals surface area contributed by atoms with Crippen molar-refractivity contribution in [2.45, 2.75) is 51.7 Å². The van der Waals surface area contributed by atoms with E-state index in [1.807, 2.05) is 59.5 Å². The number of rotatable bonds is 9. The lowest BCUT2D eigenvalue weighted by Crippen LogP contribution is -2.43. The number of nitrogens with zero attached hydrogens (tertiary/aromatic N) is 1. The molecule has 10 heteroatoms. The molecule has 2 heterocycles. The molecule has 2 aromatic carbocycles. The van der Waals surface area contributed by atoms with Crippen LogP contribution in [0.5, 0.6) is 5.75 Å². The Bertz CT molecular complexity index is 1380. The first-order valence-electron chi connectivity index (χ1n) is 13.5. The van der Waals surface area contributed by atoms with Gasteiger partial charge in [0.25, 0.3) is 0 Å². The Labute approximate surface area is 253 Å². The molecular weight excluding hydrogens is 608 g/mol. The molecule has 1 aliphatic rings. The van der Waals surface area contributed by atoms with Gasteiger partial charge in [-0.1, -0.05) is 42.5 Å². The van der Waals surface area contributed by atoms with Crippen molar-refractivity contribution in [3.63, 3.8) is 0 Å². The van der Waals surface area contributed by atoms with E-state index in [4.69, 9.17) is 14.2 Å². The fourth-order valence-corrected chi connectivity index (χ4v) is 6.55. The SMILES string of the molecule is COC(=O)c1sc(-c2cccc(NC3CCN(C(=O)Cc4ccccc4)CC3)c2)c(Br)c1OCC(=O)OC(C)(C)C. The number of halogens is 1. The van der Waals surface area contributed by atoms with Crippen LogP contribution in [0.4, 0.5) is 5.69 Å². The van der Waals surface area contributed by atoms with Crippen LogP contribution in [0, 0.1) is 0 Å². The number of anilines is 1. The molecule has 4 rings (SSSR count). The zero-order chi connectivity index (χ0) is 29.6. The molecule has 0 aliphatic carbocycles. The fraction of sp³-hybridized carbons (Fsp3) is 0.387. The summed E-state index contributed by atoms with van der Waals surface area (Å²) in [5.41, 5.74) is 2.19. The largest absolute Gasteiger partial charge is 0.479 e. The van der Waals surface area contributed by atoms with Crippen molar-refractivity contribution in [1.29, 1.82) is 0 Å². The topological polar surface area (TPSA) is 94.2 Å². The van der Waals surface area contributed by atoms with Gasteiger partial charge >= 0.3 is 11.9 Å². The first-order chi connectivity index (χ1) is 19.5. The summed E-state index contributed by atoms with van der Waals surface area (Å²) in [6.07, 6.45) is 2.12. The van der Waals surface area contributed by atoms with Crippen LogP contribution < -0.4 is 10.1 Å². The van der Waals surface area contributed by atoms with E-state index in [1.54, 1.807) is 20.8 Å². The summed E-state index contributed by atoms with van der Waals surface area (Å²) in [4.78, 5) is 40.5. The number of methoxy groups -OCH3 is 1. The summed E-state index contributed by atoms with van der Waals surface area (Å²) < 4.78 is 16.6. The van der Waals surface area contributed by atoms with E-state index in [1.165, 1.54) is 18.4 Å². The van der Waals surface area contributed by atoms with E-state index >= 15 is 0 Å². The number of hydrogen-bond donors (Lipinski definition) is 1. The minimum atomic E-state index is -0.648. The summed E-state index contributed by atoms with van der Waals surface area (Å²) >= 11 is 4.81. The Kier molecular flexibility index (Phi) is 10.1. The van der Waals surface area contributed by atoms with Crippen LogP contribution in [0.1, 0.15) is 48.8 Å². The standard InChI is InChI=1S/C31H35BrN2O6S/c1-31(2,3)40-25(36)19-39-27-26(32)28(41-29(27)30(37)38-4)21-11-8-12-23(18-21)33-22-13-15-34(16-14-22)24(35)17-20-9-6-5-7-10-20/h5-12,18,22,33H,13-17,19H2,1-4H3. The summed E-state index contributed by atoms with van der Waals surface area (Å²) in [6.45, 7) is 6.41. The molecule has 41 heavy (non-hydrogen) atoms. The number of benzene rings is 2. The Morgan fingerprint density at radius 2 is 1.76 bits per heavy atom. The molecular formula is C31H35BrN2O6S. The number of piperidine rings is 1. The van der Waals surface area contributed by atoms with Gasteiger partial charge < -0.3 is 24.4 Å². The number of carbonyl (C=O) groups is 3. The third kappa shape index (κ3) is 8.33. The number of esters is 2. The highest BCUT2D eigenvalue weighted by Crippen LogP contribution is 2.46. The summed E-state index contributed by atoms with van der Waals surface area (Å²) in [5, 5.41) is 3.60. The molecule has 1 aromatic heterocycles. The maximum absolute atomic E-state index is 12.7. The molecule has 1 aliphatic heterocycles. The van der Waals surface area contributed by atoms with Gasteiger partial charge in [-0.05, 0) is 72.8 Å². The van der Waals surface area contributed by atoms with Crippen LogP contribution in [0.2, 0.25) is 0 Å². The van der Waals surface area contributed by atoms with Crippen LogP contribution in [0.3, 0.4) is 0 Å². The Morgan fingerprint density at radius 1 is 1.05 bits per heavy atom. The third-order valence-corrected chi connectivity index (χ3v) is 8.69. The van der Waals surface area contributed by atoms with Crippen molar-refractivity contribution >= 4 is 50.8 Å². The Balaban J connectivity index is 1.42. The highest BCUT2D eigenvalue weighted by molar-refractivity contribution is 9.10. The van der Waals surface area contributed by atoms with Gasteiger partial charge in [0.05, 0.1) is 22.9 Å². The molecule has 0 spiro atoms. The molecule has 1 fully saturated rings. The van der Waals surface area contributed by atoms with E-state index in [2.05, 4.69) is 21.2 Å². The zero-order valence-corrected chi connectivity index (χ0v) is 26.1. The summed E-state index contributed by atoms with van der Waals surface area (Å²) in [6, 6.07) is 18.0. The minimum absolute atomic E-state index is 0.158. The van der Waals surface area contributed by atoms with Crippen molar-refractivity contribution in [3.8, 4) is 16.2 Å². The predicted molar refractivity (Wildman–Crippen MR) is 164 cm³/mol. The lowest BCUT2D eigenvalue weighted by Gasteiger charge is -2.33. The van der Waals surface area contributed by atoms with Crippen molar-refractivity contribution in [2.75, 3.05) is 32.1 Å². The van der Waals surface area contributed by atoms with Crippen molar-refractivity contribution in [2.24, 2.45) is 0 Å². The number of hydrogen-bond acceptors (Lipinski definition) is 8. The van der Waals surface area contributed by atoms with Crippen molar-refractivity contribution in [3.05, 3.63) is 69.5 Å². The van der Waals surface area contributed by atoms with Gasteiger partial charge in [0.1, 0.15) is 5.60 Å². The number of ether oxygens (including phenoxy) is 3. The first kappa shape index (κ1) is 30.6. The van der Waals surface area contributed by atoms with Crippen LogP contribution in [-0.2, 0) is 25.5 Å². The zero-order valence-electron chi connectivity index (χ0n) is 23.7. The second-order valence-corrected chi connectivity index (χ2v) is 12.6. The number of carbonyl (C=O) groups excluding carboxylic acids is 3. The van der Waals surface area contributed by atoms with E-state index in [0.29, 0.717) is 24.0 Å².